The number of amidine groups is 1. The Morgan fingerprint density at radius 1 is 0.750 bits per heavy atom. The average Bonchev–Trinajstić information content (AvgIpc) is 2.95. The van der Waals surface area contributed by atoms with E-state index in [0.717, 1.165) is 43.3 Å². The molecular formula is C23H15BrN4. The molecule has 3 aromatic carbocycles. The second-order valence-corrected chi connectivity index (χ2v) is 7.37. The van der Waals surface area contributed by atoms with E-state index in [1.165, 1.54) is 0 Å². The number of hydrogen-bond acceptors (Lipinski definition) is 4. The van der Waals surface area contributed by atoms with Gasteiger partial charge < -0.3 is 0 Å². The predicted molar refractivity (Wildman–Crippen MR) is 117 cm³/mol. The van der Waals surface area contributed by atoms with Crippen molar-refractivity contribution in [1.29, 1.82) is 0 Å². The predicted octanol–water partition coefficient (Wildman–Crippen LogP) is 5.43. The quantitative estimate of drug-likeness (QED) is 0.464. The van der Waals surface area contributed by atoms with Crippen molar-refractivity contribution >= 4 is 43.9 Å². The average molecular weight is 427 g/mol. The molecule has 0 saturated carbocycles. The monoisotopic (exact) mass is 426 g/mol. The third-order valence-corrected chi connectivity index (χ3v) is 5.25. The summed E-state index contributed by atoms with van der Waals surface area (Å²) < 4.78 is 1.03. The summed E-state index contributed by atoms with van der Waals surface area (Å²) >= 11 is 3.49. The van der Waals surface area contributed by atoms with Gasteiger partial charge in [0.15, 0.2) is 5.84 Å². The van der Waals surface area contributed by atoms with E-state index in [-0.39, 0.29) is 0 Å². The van der Waals surface area contributed by atoms with Gasteiger partial charge in [-0.3, -0.25) is 10.4 Å². The Labute approximate surface area is 170 Å². The van der Waals surface area contributed by atoms with E-state index in [2.05, 4.69) is 50.6 Å². The zero-order chi connectivity index (χ0) is 18.9. The lowest BCUT2D eigenvalue weighted by molar-refractivity contribution is 1.03. The van der Waals surface area contributed by atoms with Crippen LogP contribution in [0.4, 0.5) is 5.69 Å². The van der Waals surface area contributed by atoms with Crippen molar-refractivity contribution in [3.8, 4) is 0 Å². The lowest BCUT2D eigenvalue weighted by atomic mass is 9.97. The van der Waals surface area contributed by atoms with Crippen molar-refractivity contribution in [3.63, 3.8) is 0 Å². The molecule has 0 fully saturated rings. The fraction of sp³-hybridized carbons (Fsp3) is 0. The minimum atomic E-state index is 0.717. The Morgan fingerprint density at radius 2 is 1.54 bits per heavy atom. The van der Waals surface area contributed by atoms with E-state index in [4.69, 9.17) is 10.1 Å². The Kier molecular flexibility index (Phi) is 4.22. The highest BCUT2D eigenvalue weighted by molar-refractivity contribution is 9.10. The van der Waals surface area contributed by atoms with E-state index < -0.39 is 0 Å². The van der Waals surface area contributed by atoms with E-state index in [1.807, 2.05) is 48.5 Å². The second kappa shape index (κ2) is 7.02. The van der Waals surface area contributed by atoms with E-state index in [0.29, 0.717) is 5.84 Å². The number of halogens is 1. The number of aliphatic imine (C=N–C) groups is 1. The molecule has 28 heavy (non-hydrogen) atoms. The van der Waals surface area contributed by atoms with Crippen molar-refractivity contribution < 1.29 is 0 Å². The van der Waals surface area contributed by atoms with Crippen molar-refractivity contribution in [3.05, 3.63) is 106 Å². The Hall–Kier alpha value is -3.31. The van der Waals surface area contributed by atoms with Crippen LogP contribution in [0.5, 0.6) is 0 Å². The fourth-order valence-electron chi connectivity index (χ4n) is 3.34. The van der Waals surface area contributed by atoms with Crippen LogP contribution >= 0.6 is 15.9 Å². The summed E-state index contributed by atoms with van der Waals surface area (Å²) in [5.41, 5.74) is 7.90. The first-order valence-electron chi connectivity index (χ1n) is 8.90. The largest absolute Gasteiger partial charge is 0.265 e. The highest BCUT2D eigenvalue weighted by Crippen LogP contribution is 2.33. The molecule has 1 aliphatic rings. The van der Waals surface area contributed by atoms with Crippen molar-refractivity contribution in [1.82, 2.24) is 10.4 Å². The molecule has 4 nitrogen and oxygen atoms in total. The topological polar surface area (TPSA) is 49.6 Å². The Bertz CT molecular complexity index is 1230. The molecule has 0 unspecified atom stereocenters. The number of benzene rings is 3. The number of pyridine rings is 1. The second-order valence-electron chi connectivity index (χ2n) is 6.46. The third-order valence-electron chi connectivity index (χ3n) is 4.72. The van der Waals surface area contributed by atoms with Gasteiger partial charge >= 0.3 is 0 Å². The molecule has 0 aliphatic carbocycles. The number of hydrogen-bond donors (Lipinski definition) is 1. The highest BCUT2D eigenvalue weighted by atomic mass is 79.9. The number of fused-ring (bicyclic) bond motifs is 3. The van der Waals surface area contributed by atoms with Gasteiger partial charge in [-0.05, 0) is 35.7 Å². The summed E-state index contributed by atoms with van der Waals surface area (Å²) in [6, 6.07) is 24.5. The summed E-state index contributed by atoms with van der Waals surface area (Å²) in [5.74, 6) is 0.717. The van der Waals surface area contributed by atoms with Crippen molar-refractivity contribution in [2.45, 2.75) is 0 Å². The molecule has 1 aromatic heterocycles. The SMILES string of the molecule is Brc1ccc(C2=Nc3c(ccc4ccccc34)C(c3ccncc3)=NN2)cc1. The summed E-state index contributed by atoms with van der Waals surface area (Å²) in [6.45, 7) is 0. The zero-order valence-electron chi connectivity index (χ0n) is 14.8. The van der Waals surface area contributed by atoms with Crippen molar-refractivity contribution in [2.75, 3.05) is 0 Å². The number of aromatic nitrogens is 1. The molecule has 2 heterocycles. The first-order chi connectivity index (χ1) is 13.8. The molecule has 0 radical (unpaired) electrons. The van der Waals surface area contributed by atoms with Gasteiger partial charge in [-0.2, -0.15) is 5.10 Å². The molecule has 0 saturated heterocycles. The first kappa shape index (κ1) is 16.8. The van der Waals surface area contributed by atoms with E-state index in [1.54, 1.807) is 12.4 Å². The van der Waals surface area contributed by atoms with Crippen molar-refractivity contribution in [2.24, 2.45) is 10.1 Å². The highest BCUT2D eigenvalue weighted by Gasteiger charge is 2.19. The van der Waals surface area contributed by atoms with Crippen LogP contribution in [-0.4, -0.2) is 16.5 Å². The molecule has 134 valence electrons. The summed E-state index contributed by atoms with van der Waals surface area (Å²) in [6.07, 6.45) is 3.56. The maximum atomic E-state index is 5.00. The number of nitrogens with zero attached hydrogens (tertiary/aromatic N) is 3. The zero-order valence-corrected chi connectivity index (χ0v) is 16.4. The molecule has 0 spiro atoms. The van der Waals surface area contributed by atoms with Gasteiger partial charge in [-0.25, -0.2) is 4.99 Å². The smallest absolute Gasteiger partial charge is 0.154 e. The van der Waals surface area contributed by atoms with Crippen LogP contribution in [0.1, 0.15) is 16.7 Å². The molecule has 0 atom stereocenters. The van der Waals surface area contributed by atoms with Crippen LogP contribution in [0.15, 0.2) is 99.8 Å². The first-order valence-corrected chi connectivity index (χ1v) is 9.70. The van der Waals surface area contributed by atoms with Gasteiger partial charge in [0, 0.05) is 38.9 Å². The lowest BCUT2D eigenvalue weighted by Crippen LogP contribution is -2.19. The molecule has 0 bridgehead atoms. The van der Waals surface area contributed by atoms with Crippen LogP contribution in [0.3, 0.4) is 0 Å². The summed E-state index contributed by atoms with van der Waals surface area (Å²) in [7, 11) is 0. The maximum absolute atomic E-state index is 5.00. The fourth-order valence-corrected chi connectivity index (χ4v) is 3.60. The van der Waals surface area contributed by atoms with Crippen LogP contribution in [-0.2, 0) is 0 Å². The third kappa shape index (κ3) is 3.00. The summed E-state index contributed by atoms with van der Waals surface area (Å²) in [5, 5.41) is 6.96. The van der Waals surface area contributed by atoms with Gasteiger partial charge in [0.25, 0.3) is 0 Å². The molecule has 1 N–H and O–H groups in total. The normalized spacial score (nSPS) is 13.2. The number of hydrazone groups is 1. The lowest BCUT2D eigenvalue weighted by Gasteiger charge is -2.10. The Balaban J connectivity index is 1.77. The number of nitrogens with one attached hydrogen (secondary N) is 1. The van der Waals surface area contributed by atoms with Gasteiger partial charge in [0.05, 0.1) is 5.69 Å². The van der Waals surface area contributed by atoms with Crippen LogP contribution in [0.25, 0.3) is 10.8 Å². The van der Waals surface area contributed by atoms with Crippen LogP contribution < -0.4 is 5.43 Å². The Morgan fingerprint density at radius 3 is 2.36 bits per heavy atom. The molecule has 4 aromatic rings. The molecule has 0 amide bonds. The minimum absolute atomic E-state index is 0.717. The summed E-state index contributed by atoms with van der Waals surface area (Å²) in [4.78, 5) is 9.13. The van der Waals surface area contributed by atoms with E-state index >= 15 is 0 Å². The molecule has 5 rings (SSSR count). The minimum Gasteiger partial charge on any atom is -0.265 e. The number of rotatable bonds is 2. The molecular weight excluding hydrogens is 412 g/mol. The van der Waals surface area contributed by atoms with Gasteiger partial charge in [0.2, 0.25) is 0 Å². The van der Waals surface area contributed by atoms with E-state index in [9.17, 15) is 0 Å². The standard InChI is InChI=1S/C23H15BrN4/c24-18-8-5-17(6-9-18)23-26-22-19-4-2-1-3-15(19)7-10-20(22)21(27-28-23)16-11-13-25-14-12-16/h1-14H,(H,26,28). The van der Waals surface area contributed by atoms with Crippen LogP contribution in [0, 0.1) is 0 Å². The van der Waals surface area contributed by atoms with Crippen LogP contribution in [0.2, 0.25) is 0 Å². The molecule has 1 aliphatic heterocycles. The van der Waals surface area contributed by atoms with Gasteiger partial charge in [-0.1, -0.05) is 58.4 Å². The molecule has 5 heteroatoms. The van der Waals surface area contributed by atoms with Gasteiger partial charge in [0.1, 0.15) is 5.71 Å². The maximum Gasteiger partial charge on any atom is 0.154 e. The van der Waals surface area contributed by atoms with Gasteiger partial charge in [-0.15, -0.1) is 0 Å².